The summed E-state index contributed by atoms with van der Waals surface area (Å²) in [6.07, 6.45) is -0.243. The largest absolute Gasteiger partial charge is 0.444 e. The van der Waals surface area contributed by atoms with Gasteiger partial charge < -0.3 is 4.74 Å². The number of aryl methyl sites for hydroxylation is 1. The van der Waals surface area contributed by atoms with Gasteiger partial charge in [-0.3, -0.25) is 4.90 Å². The fourth-order valence-electron chi connectivity index (χ4n) is 2.00. The number of nitrogens with zero attached hydrogens (tertiary/aromatic N) is 1. The van der Waals surface area contributed by atoms with Gasteiger partial charge in [-0.15, -0.1) is 0 Å². The van der Waals surface area contributed by atoms with Gasteiger partial charge in [-0.05, 0) is 50.5 Å². The van der Waals surface area contributed by atoms with Crippen LogP contribution in [0, 0.1) is 6.92 Å². The molecule has 0 radical (unpaired) electrons. The standard InChI is InChI=1S/C14H18BrNO2/c1-9-5-10-7-16(8-11(10)6-12(9)15)13(17)18-14(2,3)4/h5-6H,7-8H2,1-4H3. The predicted octanol–water partition coefficient (Wildman–Crippen LogP) is 4.01. The van der Waals surface area contributed by atoms with Gasteiger partial charge in [-0.2, -0.15) is 0 Å². The molecule has 0 N–H and O–H groups in total. The Hall–Kier alpha value is -1.03. The second kappa shape index (κ2) is 4.57. The monoisotopic (exact) mass is 311 g/mol. The van der Waals surface area contributed by atoms with E-state index in [1.165, 1.54) is 16.7 Å². The molecule has 0 bridgehead atoms. The van der Waals surface area contributed by atoms with Gasteiger partial charge in [0.15, 0.2) is 0 Å². The van der Waals surface area contributed by atoms with Gasteiger partial charge in [0.05, 0.1) is 0 Å². The molecule has 1 amide bonds. The van der Waals surface area contributed by atoms with Gasteiger partial charge in [-0.1, -0.05) is 22.0 Å². The third kappa shape index (κ3) is 2.86. The highest BCUT2D eigenvalue weighted by Crippen LogP contribution is 2.29. The van der Waals surface area contributed by atoms with Gasteiger partial charge in [0.2, 0.25) is 0 Å². The minimum absolute atomic E-state index is 0.243. The first kappa shape index (κ1) is 13.4. The van der Waals surface area contributed by atoms with E-state index in [9.17, 15) is 4.79 Å². The summed E-state index contributed by atoms with van der Waals surface area (Å²) in [4.78, 5) is 13.7. The summed E-state index contributed by atoms with van der Waals surface area (Å²) in [6, 6.07) is 4.22. The predicted molar refractivity (Wildman–Crippen MR) is 74.4 cm³/mol. The number of carbonyl (C=O) groups is 1. The van der Waals surface area contributed by atoms with Crippen molar-refractivity contribution in [2.24, 2.45) is 0 Å². The van der Waals surface area contributed by atoms with Gasteiger partial charge in [0.1, 0.15) is 5.60 Å². The Bertz CT molecular complexity index is 460. The molecule has 1 aliphatic heterocycles. The summed E-state index contributed by atoms with van der Waals surface area (Å²) < 4.78 is 6.48. The van der Waals surface area contributed by atoms with E-state index in [-0.39, 0.29) is 6.09 Å². The molecule has 0 saturated carbocycles. The third-order valence-electron chi connectivity index (χ3n) is 2.85. The van der Waals surface area contributed by atoms with Crippen molar-refractivity contribution in [3.8, 4) is 0 Å². The fraction of sp³-hybridized carbons (Fsp3) is 0.500. The Balaban J connectivity index is 2.13. The summed E-state index contributed by atoms with van der Waals surface area (Å²) in [6.45, 7) is 8.97. The SMILES string of the molecule is Cc1cc2c(cc1Br)CN(C(=O)OC(C)(C)C)C2. The second-order valence-corrected chi connectivity index (χ2v) is 6.56. The highest BCUT2D eigenvalue weighted by molar-refractivity contribution is 9.10. The molecule has 0 atom stereocenters. The summed E-state index contributed by atoms with van der Waals surface area (Å²) in [7, 11) is 0. The lowest BCUT2D eigenvalue weighted by atomic mass is 10.1. The number of benzene rings is 1. The van der Waals surface area contributed by atoms with Crippen LogP contribution >= 0.6 is 15.9 Å². The average Bonchev–Trinajstić information content (AvgIpc) is 2.59. The van der Waals surface area contributed by atoms with Gasteiger partial charge in [-0.25, -0.2) is 4.79 Å². The first-order valence-corrected chi connectivity index (χ1v) is 6.81. The average molecular weight is 312 g/mol. The maximum Gasteiger partial charge on any atom is 0.410 e. The van der Waals surface area contributed by atoms with E-state index in [1.54, 1.807) is 4.90 Å². The van der Waals surface area contributed by atoms with Crippen LogP contribution in [0.25, 0.3) is 0 Å². The zero-order valence-electron chi connectivity index (χ0n) is 11.2. The number of ether oxygens (including phenoxy) is 1. The summed E-state index contributed by atoms with van der Waals surface area (Å²) >= 11 is 3.52. The lowest BCUT2D eigenvalue weighted by Crippen LogP contribution is -2.33. The van der Waals surface area contributed by atoms with Crippen LogP contribution in [0.4, 0.5) is 4.79 Å². The van der Waals surface area contributed by atoms with Crippen LogP contribution in [0.15, 0.2) is 16.6 Å². The Labute approximate surface area is 116 Å². The molecule has 0 aliphatic carbocycles. The van der Waals surface area contributed by atoms with E-state index in [0.29, 0.717) is 13.1 Å². The van der Waals surface area contributed by atoms with Crippen molar-refractivity contribution in [3.05, 3.63) is 33.3 Å². The molecule has 18 heavy (non-hydrogen) atoms. The van der Waals surface area contributed by atoms with Crippen LogP contribution in [0.1, 0.15) is 37.5 Å². The van der Waals surface area contributed by atoms with E-state index in [1.807, 2.05) is 20.8 Å². The van der Waals surface area contributed by atoms with E-state index >= 15 is 0 Å². The second-order valence-electron chi connectivity index (χ2n) is 5.71. The molecular formula is C14H18BrNO2. The molecule has 2 rings (SSSR count). The van der Waals surface area contributed by atoms with Crippen molar-refractivity contribution in [1.29, 1.82) is 0 Å². The molecule has 3 nitrogen and oxygen atoms in total. The molecule has 4 heteroatoms. The molecule has 0 aromatic heterocycles. The Morgan fingerprint density at radius 1 is 1.28 bits per heavy atom. The molecule has 1 aromatic rings. The number of amides is 1. The maximum absolute atomic E-state index is 12.0. The molecule has 1 aromatic carbocycles. The number of halogens is 1. The molecule has 0 unspecified atom stereocenters. The topological polar surface area (TPSA) is 29.5 Å². The van der Waals surface area contributed by atoms with Crippen LogP contribution in [0.5, 0.6) is 0 Å². The molecule has 0 fully saturated rings. The van der Waals surface area contributed by atoms with Crippen LogP contribution < -0.4 is 0 Å². The van der Waals surface area contributed by atoms with Crippen LogP contribution in [-0.4, -0.2) is 16.6 Å². The van der Waals surface area contributed by atoms with Crippen LogP contribution in [-0.2, 0) is 17.8 Å². The van der Waals surface area contributed by atoms with Gasteiger partial charge in [0, 0.05) is 17.6 Å². The highest BCUT2D eigenvalue weighted by atomic mass is 79.9. The first-order chi connectivity index (χ1) is 8.26. The van der Waals surface area contributed by atoms with Gasteiger partial charge >= 0.3 is 6.09 Å². The lowest BCUT2D eigenvalue weighted by molar-refractivity contribution is 0.0242. The van der Waals surface area contributed by atoms with Crippen LogP contribution in [0.2, 0.25) is 0 Å². The number of hydrogen-bond acceptors (Lipinski definition) is 2. The summed E-state index contributed by atoms with van der Waals surface area (Å²) in [5.41, 5.74) is 3.15. The summed E-state index contributed by atoms with van der Waals surface area (Å²) in [5, 5.41) is 0. The lowest BCUT2D eigenvalue weighted by Gasteiger charge is -2.24. The number of rotatable bonds is 0. The normalized spacial score (nSPS) is 14.6. The van der Waals surface area contributed by atoms with Crippen molar-refractivity contribution in [2.45, 2.75) is 46.4 Å². The Morgan fingerprint density at radius 2 is 1.83 bits per heavy atom. The van der Waals surface area contributed by atoms with Gasteiger partial charge in [0.25, 0.3) is 0 Å². The molecular weight excluding hydrogens is 294 g/mol. The fourth-order valence-corrected chi connectivity index (χ4v) is 2.39. The third-order valence-corrected chi connectivity index (χ3v) is 3.71. The van der Waals surface area contributed by atoms with E-state index in [0.717, 1.165) is 4.47 Å². The van der Waals surface area contributed by atoms with E-state index in [4.69, 9.17) is 4.74 Å². The number of hydrogen-bond donors (Lipinski definition) is 0. The number of fused-ring (bicyclic) bond motifs is 1. The minimum Gasteiger partial charge on any atom is -0.444 e. The molecule has 1 heterocycles. The zero-order chi connectivity index (χ0) is 13.5. The zero-order valence-corrected chi connectivity index (χ0v) is 12.8. The van der Waals surface area contributed by atoms with Crippen LogP contribution in [0.3, 0.4) is 0 Å². The maximum atomic E-state index is 12.0. The minimum atomic E-state index is -0.442. The molecule has 0 saturated heterocycles. The summed E-state index contributed by atoms with van der Waals surface area (Å²) in [5.74, 6) is 0. The van der Waals surface area contributed by atoms with Crippen molar-refractivity contribution in [3.63, 3.8) is 0 Å². The van der Waals surface area contributed by atoms with Crippen molar-refractivity contribution < 1.29 is 9.53 Å². The molecule has 1 aliphatic rings. The quantitative estimate of drug-likeness (QED) is 0.724. The Morgan fingerprint density at radius 3 is 2.39 bits per heavy atom. The van der Waals surface area contributed by atoms with Crippen molar-refractivity contribution in [1.82, 2.24) is 4.90 Å². The van der Waals surface area contributed by atoms with E-state index < -0.39 is 5.60 Å². The molecule has 0 spiro atoms. The smallest absolute Gasteiger partial charge is 0.410 e. The number of carbonyl (C=O) groups excluding carboxylic acids is 1. The van der Waals surface area contributed by atoms with Crippen molar-refractivity contribution in [2.75, 3.05) is 0 Å². The highest BCUT2D eigenvalue weighted by Gasteiger charge is 2.28. The Kier molecular flexibility index (Phi) is 3.41. The first-order valence-electron chi connectivity index (χ1n) is 6.02. The molecule has 98 valence electrons. The van der Waals surface area contributed by atoms with Crippen molar-refractivity contribution >= 4 is 22.0 Å². The van der Waals surface area contributed by atoms with E-state index in [2.05, 4.69) is 35.0 Å².